The van der Waals surface area contributed by atoms with Crippen LogP contribution in [0.1, 0.15) is 48.0 Å². The van der Waals surface area contributed by atoms with Crippen LogP contribution in [0, 0.1) is 6.92 Å². The molecule has 8 heteroatoms. The molecule has 1 spiro atoms. The molecule has 2 amide bonds. The van der Waals surface area contributed by atoms with Gasteiger partial charge in [0.05, 0.1) is 13.2 Å². The van der Waals surface area contributed by atoms with Crippen molar-refractivity contribution < 1.29 is 14.3 Å². The van der Waals surface area contributed by atoms with Gasteiger partial charge in [0.25, 0.3) is 11.5 Å². The first kappa shape index (κ1) is 21.1. The minimum atomic E-state index is -0.805. The Morgan fingerprint density at radius 1 is 1.10 bits per heavy atom. The number of ether oxygens (including phenoxy) is 1. The zero-order valence-electron chi connectivity index (χ0n) is 17.8. The summed E-state index contributed by atoms with van der Waals surface area (Å²) in [6, 6.07) is 1.84. The molecule has 3 fully saturated rings. The van der Waals surface area contributed by atoms with Crippen molar-refractivity contribution in [1.29, 1.82) is 0 Å². The lowest BCUT2D eigenvalue weighted by atomic mass is 9.78. The van der Waals surface area contributed by atoms with Gasteiger partial charge >= 0.3 is 0 Å². The predicted octanol–water partition coefficient (Wildman–Crippen LogP) is 0.764. The molecular formula is C22H32N4O4. The van der Waals surface area contributed by atoms with E-state index in [1.807, 2.05) is 6.07 Å². The zero-order valence-corrected chi connectivity index (χ0v) is 17.8. The molecule has 3 heterocycles. The highest BCUT2D eigenvalue weighted by Gasteiger charge is 2.49. The van der Waals surface area contributed by atoms with Crippen LogP contribution in [0.25, 0.3) is 0 Å². The second-order valence-corrected chi connectivity index (χ2v) is 8.63. The average molecular weight is 417 g/mol. The van der Waals surface area contributed by atoms with E-state index < -0.39 is 5.54 Å². The number of morpholine rings is 1. The van der Waals surface area contributed by atoms with Crippen molar-refractivity contribution in [2.45, 2.75) is 51.1 Å². The molecular weight excluding hydrogens is 384 g/mol. The maximum atomic E-state index is 13.6. The smallest absolute Gasteiger partial charge is 0.263 e. The molecule has 1 aliphatic carbocycles. The number of hydrogen-bond acceptors (Lipinski definition) is 5. The second kappa shape index (κ2) is 8.89. The van der Waals surface area contributed by atoms with Crippen LogP contribution in [0.2, 0.25) is 0 Å². The number of rotatable bonds is 4. The number of carbonyl (C=O) groups excluding carboxylic acids is 2. The monoisotopic (exact) mass is 416 g/mol. The molecule has 2 saturated heterocycles. The fourth-order valence-corrected chi connectivity index (χ4v) is 5.02. The Bertz CT molecular complexity index is 853. The summed E-state index contributed by atoms with van der Waals surface area (Å²) in [7, 11) is 0. The van der Waals surface area contributed by atoms with E-state index in [-0.39, 0.29) is 22.9 Å². The fraction of sp³-hybridized carbons (Fsp3) is 0.682. The summed E-state index contributed by atoms with van der Waals surface area (Å²) in [6.45, 7) is 7.11. The van der Waals surface area contributed by atoms with Gasteiger partial charge in [-0.15, -0.1) is 0 Å². The Kier molecular flexibility index (Phi) is 6.24. The van der Waals surface area contributed by atoms with Crippen LogP contribution < -0.4 is 10.9 Å². The number of nitrogens with one attached hydrogen (secondary N) is 1. The van der Waals surface area contributed by atoms with Gasteiger partial charge in [-0.2, -0.15) is 0 Å². The van der Waals surface area contributed by atoms with Gasteiger partial charge in [0.15, 0.2) is 0 Å². The SMILES string of the molecule is Cc1ccn(CCN2CCOCC2)c(=O)c1C(=O)N1CCNC(=O)C12CCCCC2. The molecule has 4 rings (SSSR count). The Morgan fingerprint density at radius 2 is 1.83 bits per heavy atom. The summed E-state index contributed by atoms with van der Waals surface area (Å²) in [5.74, 6) is -0.363. The number of nitrogens with zero attached hydrogens (tertiary/aromatic N) is 3. The van der Waals surface area contributed by atoms with Gasteiger partial charge in [-0.05, 0) is 31.4 Å². The van der Waals surface area contributed by atoms with Crippen molar-refractivity contribution in [2.75, 3.05) is 45.9 Å². The Labute approximate surface area is 177 Å². The summed E-state index contributed by atoms with van der Waals surface area (Å²) < 4.78 is 7.01. The normalized spacial score (nSPS) is 22.2. The molecule has 1 aromatic rings. The quantitative estimate of drug-likeness (QED) is 0.784. The maximum Gasteiger partial charge on any atom is 0.263 e. The average Bonchev–Trinajstić information content (AvgIpc) is 2.76. The molecule has 8 nitrogen and oxygen atoms in total. The van der Waals surface area contributed by atoms with E-state index in [4.69, 9.17) is 4.74 Å². The Hall–Kier alpha value is -2.19. The summed E-state index contributed by atoms with van der Waals surface area (Å²) in [6.07, 6.45) is 6.04. The van der Waals surface area contributed by atoms with Crippen LogP contribution in [0.4, 0.5) is 0 Å². The molecule has 1 aromatic heterocycles. The van der Waals surface area contributed by atoms with Crippen LogP contribution in [0.3, 0.4) is 0 Å². The molecule has 1 N–H and O–H groups in total. The Morgan fingerprint density at radius 3 is 2.57 bits per heavy atom. The third kappa shape index (κ3) is 3.90. The minimum Gasteiger partial charge on any atom is -0.379 e. The lowest BCUT2D eigenvalue weighted by molar-refractivity contribution is -0.137. The van der Waals surface area contributed by atoms with Crippen LogP contribution in [-0.4, -0.2) is 77.7 Å². The number of aromatic nitrogens is 1. The largest absolute Gasteiger partial charge is 0.379 e. The van der Waals surface area contributed by atoms with E-state index in [0.717, 1.165) is 38.9 Å². The highest BCUT2D eigenvalue weighted by molar-refractivity contribution is 6.00. The fourth-order valence-electron chi connectivity index (χ4n) is 5.02. The third-order valence-electron chi connectivity index (χ3n) is 6.83. The van der Waals surface area contributed by atoms with Gasteiger partial charge in [0, 0.05) is 45.5 Å². The van der Waals surface area contributed by atoms with Crippen LogP contribution in [0.15, 0.2) is 17.1 Å². The summed E-state index contributed by atoms with van der Waals surface area (Å²) in [4.78, 5) is 43.7. The van der Waals surface area contributed by atoms with E-state index in [1.165, 1.54) is 0 Å². The summed E-state index contributed by atoms with van der Waals surface area (Å²) in [5, 5.41) is 2.94. The van der Waals surface area contributed by atoms with Crippen molar-refractivity contribution in [2.24, 2.45) is 0 Å². The number of piperazine rings is 1. The van der Waals surface area contributed by atoms with Gasteiger partial charge in [0.2, 0.25) is 5.91 Å². The van der Waals surface area contributed by atoms with Crippen LogP contribution in [0.5, 0.6) is 0 Å². The predicted molar refractivity (Wildman–Crippen MR) is 113 cm³/mol. The van der Waals surface area contributed by atoms with Gasteiger partial charge in [-0.25, -0.2) is 0 Å². The van der Waals surface area contributed by atoms with Crippen LogP contribution in [-0.2, 0) is 16.1 Å². The topological polar surface area (TPSA) is 83.9 Å². The molecule has 3 aliphatic rings. The van der Waals surface area contributed by atoms with Crippen molar-refractivity contribution in [1.82, 2.24) is 19.7 Å². The first-order chi connectivity index (χ1) is 14.5. The van der Waals surface area contributed by atoms with Crippen LogP contribution >= 0.6 is 0 Å². The number of carbonyl (C=O) groups is 2. The molecule has 0 bridgehead atoms. The number of pyridine rings is 1. The first-order valence-corrected chi connectivity index (χ1v) is 11.1. The first-order valence-electron chi connectivity index (χ1n) is 11.1. The van der Waals surface area contributed by atoms with Gasteiger partial charge in [0.1, 0.15) is 11.1 Å². The van der Waals surface area contributed by atoms with Crippen molar-refractivity contribution in [3.05, 3.63) is 33.7 Å². The molecule has 0 aromatic carbocycles. The highest BCUT2D eigenvalue weighted by atomic mass is 16.5. The highest BCUT2D eigenvalue weighted by Crippen LogP contribution is 2.36. The van der Waals surface area contributed by atoms with E-state index in [2.05, 4.69) is 10.2 Å². The number of hydrogen-bond donors (Lipinski definition) is 1. The van der Waals surface area contributed by atoms with Gasteiger partial charge < -0.3 is 19.5 Å². The molecule has 0 unspecified atom stereocenters. The summed E-state index contributed by atoms with van der Waals surface area (Å²) >= 11 is 0. The van der Waals surface area contributed by atoms with Gasteiger partial charge in [-0.1, -0.05) is 19.3 Å². The lowest BCUT2D eigenvalue weighted by Crippen LogP contribution is -2.67. The molecule has 1 saturated carbocycles. The molecule has 164 valence electrons. The van der Waals surface area contributed by atoms with E-state index in [9.17, 15) is 14.4 Å². The van der Waals surface area contributed by atoms with Gasteiger partial charge in [-0.3, -0.25) is 19.3 Å². The van der Waals surface area contributed by atoms with Crippen molar-refractivity contribution in [3.63, 3.8) is 0 Å². The van der Waals surface area contributed by atoms with E-state index >= 15 is 0 Å². The van der Waals surface area contributed by atoms with Crippen molar-refractivity contribution in [3.8, 4) is 0 Å². The molecule has 2 aliphatic heterocycles. The zero-order chi connectivity index (χ0) is 21.1. The van der Waals surface area contributed by atoms with E-state index in [1.54, 1.807) is 22.6 Å². The standard InChI is InChI=1S/C22H32N4O4/c1-17-5-9-25(12-11-24-13-15-30-16-14-24)19(27)18(17)20(28)26-10-8-23-21(29)22(26)6-3-2-4-7-22/h5,9H,2-4,6-8,10-16H2,1H3,(H,23,29). The molecule has 30 heavy (non-hydrogen) atoms. The molecule has 0 atom stereocenters. The lowest BCUT2D eigenvalue weighted by Gasteiger charge is -2.48. The maximum absolute atomic E-state index is 13.6. The van der Waals surface area contributed by atoms with E-state index in [0.29, 0.717) is 51.3 Å². The number of aryl methyl sites for hydroxylation is 1. The summed E-state index contributed by atoms with van der Waals surface area (Å²) in [5.41, 5.74) is -0.185. The van der Waals surface area contributed by atoms with Crippen molar-refractivity contribution >= 4 is 11.8 Å². The second-order valence-electron chi connectivity index (χ2n) is 8.63. The Balaban J connectivity index is 1.59. The number of amides is 2. The third-order valence-corrected chi connectivity index (χ3v) is 6.83. The minimum absolute atomic E-state index is 0.0666. The molecule has 0 radical (unpaired) electrons.